The van der Waals surface area contributed by atoms with Gasteiger partial charge in [-0.1, -0.05) is 13.8 Å². The van der Waals surface area contributed by atoms with Crippen molar-refractivity contribution in [3.63, 3.8) is 0 Å². The van der Waals surface area contributed by atoms with Crippen molar-refractivity contribution in [3.05, 3.63) is 35.7 Å². The number of aromatic nitrogens is 2. The Bertz CT molecular complexity index is 723. The zero-order chi connectivity index (χ0) is 17.4. The first kappa shape index (κ1) is 16.9. The van der Waals surface area contributed by atoms with E-state index in [1.54, 1.807) is 30.2 Å². The molecule has 0 amide bonds. The maximum absolute atomic E-state index is 13.8. The first-order valence-corrected chi connectivity index (χ1v) is 8.64. The van der Waals surface area contributed by atoms with Crippen LogP contribution in [0.3, 0.4) is 0 Å². The van der Waals surface area contributed by atoms with Crippen LogP contribution in [0.4, 0.5) is 14.5 Å². The lowest BCUT2D eigenvalue weighted by molar-refractivity contribution is 0.152. The number of benzene rings is 1. The van der Waals surface area contributed by atoms with Crippen molar-refractivity contribution in [1.82, 2.24) is 9.78 Å². The molecule has 0 aliphatic carbocycles. The van der Waals surface area contributed by atoms with Gasteiger partial charge in [-0.2, -0.15) is 5.10 Å². The van der Waals surface area contributed by atoms with Gasteiger partial charge in [0.2, 0.25) is 0 Å². The number of hydrogen-bond acceptors (Lipinski definition) is 2. The van der Waals surface area contributed by atoms with E-state index in [0.717, 1.165) is 30.6 Å². The molecule has 1 aromatic heterocycles. The van der Waals surface area contributed by atoms with Crippen LogP contribution in [0.25, 0.3) is 11.1 Å². The molecular formula is C19H25F2N3. The van der Waals surface area contributed by atoms with Crippen LogP contribution in [0.5, 0.6) is 0 Å². The summed E-state index contributed by atoms with van der Waals surface area (Å²) >= 11 is 0. The number of anilines is 1. The van der Waals surface area contributed by atoms with Crippen molar-refractivity contribution in [2.45, 2.75) is 52.0 Å². The summed E-state index contributed by atoms with van der Waals surface area (Å²) in [7, 11) is 1.80. The number of hydrogen-bond donors (Lipinski definition) is 0. The van der Waals surface area contributed by atoms with E-state index in [9.17, 15) is 8.78 Å². The van der Waals surface area contributed by atoms with Gasteiger partial charge >= 0.3 is 0 Å². The molecule has 1 aliphatic rings. The maximum Gasteiger partial charge on any atom is 0.264 e. The lowest BCUT2D eigenvalue weighted by atomic mass is 9.86. The molecule has 0 saturated heterocycles. The number of fused-ring (bicyclic) bond motifs is 1. The quantitative estimate of drug-likeness (QED) is 0.773. The molecule has 2 aromatic rings. The van der Waals surface area contributed by atoms with E-state index >= 15 is 0 Å². The van der Waals surface area contributed by atoms with Crippen LogP contribution in [-0.2, 0) is 7.05 Å². The van der Waals surface area contributed by atoms with Crippen molar-refractivity contribution in [2.75, 3.05) is 11.4 Å². The summed E-state index contributed by atoms with van der Waals surface area (Å²) in [6, 6.07) is 4.03. The Labute approximate surface area is 142 Å². The van der Waals surface area contributed by atoms with Crippen molar-refractivity contribution in [3.8, 4) is 11.1 Å². The van der Waals surface area contributed by atoms with Crippen LogP contribution in [0.15, 0.2) is 24.5 Å². The van der Waals surface area contributed by atoms with Gasteiger partial charge in [0, 0.05) is 42.6 Å². The van der Waals surface area contributed by atoms with Crippen LogP contribution in [0, 0.1) is 0 Å². The Morgan fingerprint density at radius 2 is 2.08 bits per heavy atom. The molecule has 0 spiro atoms. The van der Waals surface area contributed by atoms with E-state index in [1.165, 1.54) is 5.56 Å². The zero-order valence-corrected chi connectivity index (χ0v) is 14.8. The molecule has 1 aromatic carbocycles. The van der Waals surface area contributed by atoms with Crippen LogP contribution in [0.2, 0.25) is 0 Å². The Morgan fingerprint density at radius 3 is 2.67 bits per heavy atom. The average Bonchev–Trinajstić information content (AvgIpc) is 3.00. The highest BCUT2D eigenvalue weighted by Gasteiger charge is 2.28. The Morgan fingerprint density at radius 1 is 1.33 bits per heavy atom. The maximum atomic E-state index is 13.8. The van der Waals surface area contributed by atoms with E-state index in [2.05, 4.69) is 30.8 Å². The lowest BCUT2D eigenvalue weighted by Gasteiger charge is -2.39. The summed E-state index contributed by atoms with van der Waals surface area (Å²) in [6.45, 7) is 7.41. The van der Waals surface area contributed by atoms with Crippen molar-refractivity contribution < 1.29 is 8.78 Å². The monoisotopic (exact) mass is 333 g/mol. The third-order valence-electron chi connectivity index (χ3n) is 5.22. The fourth-order valence-electron chi connectivity index (χ4n) is 3.54. The molecule has 0 radical (unpaired) electrons. The SMILES string of the molecule is CCC(C)N1CCC(C)c2cc(-c3cnn(C)c3)c(C(F)F)cc21. The topological polar surface area (TPSA) is 21.1 Å². The molecule has 2 heterocycles. The summed E-state index contributed by atoms with van der Waals surface area (Å²) in [5.74, 6) is 0.377. The minimum absolute atomic E-state index is 0.101. The molecule has 1 aliphatic heterocycles. The normalized spacial score (nSPS) is 18.8. The predicted octanol–water partition coefficient (Wildman–Crippen LogP) is 5.14. The molecule has 5 heteroatoms. The minimum atomic E-state index is -2.50. The molecule has 2 atom stereocenters. The van der Waals surface area contributed by atoms with Crippen LogP contribution in [-0.4, -0.2) is 22.4 Å². The first-order chi connectivity index (χ1) is 11.4. The Balaban J connectivity index is 2.18. The summed E-state index contributed by atoms with van der Waals surface area (Å²) in [5, 5.41) is 4.14. The fourth-order valence-corrected chi connectivity index (χ4v) is 3.54. The average molecular weight is 333 g/mol. The number of halogens is 2. The van der Waals surface area contributed by atoms with Gasteiger partial charge in [0.15, 0.2) is 0 Å². The molecule has 0 fully saturated rings. The molecule has 24 heavy (non-hydrogen) atoms. The van der Waals surface area contributed by atoms with E-state index in [4.69, 9.17) is 0 Å². The van der Waals surface area contributed by atoms with Gasteiger partial charge < -0.3 is 4.90 Å². The van der Waals surface area contributed by atoms with Gasteiger partial charge in [-0.25, -0.2) is 8.78 Å². The summed E-state index contributed by atoms with van der Waals surface area (Å²) < 4.78 is 29.2. The van der Waals surface area contributed by atoms with Crippen LogP contribution in [0.1, 0.15) is 57.1 Å². The zero-order valence-electron chi connectivity index (χ0n) is 14.8. The fraction of sp³-hybridized carbons (Fsp3) is 0.526. The van der Waals surface area contributed by atoms with E-state index in [1.807, 2.05) is 6.07 Å². The van der Waals surface area contributed by atoms with Crippen molar-refractivity contribution in [2.24, 2.45) is 7.05 Å². The highest BCUT2D eigenvalue weighted by atomic mass is 19.3. The molecular weight excluding hydrogens is 308 g/mol. The van der Waals surface area contributed by atoms with Crippen molar-refractivity contribution >= 4 is 5.69 Å². The molecule has 2 unspecified atom stereocenters. The van der Waals surface area contributed by atoms with Gasteiger partial charge in [0.05, 0.1) is 6.20 Å². The van der Waals surface area contributed by atoms with Crippen molar-refractivity contribution in [1.29, 1.82) is 0 Å². The highest BCUT2D eigenvalue weighted by Crippen LogP contribution is 2.43. The molecule has 0 saturated carbocycles. The standard InChI is InChI=1S/C19H25F2N3/c1-5-13(3)24-7-6-12(2)15-8-16(14-10-22-23(4)11-14)17(19(20)21)9-18(15)24/h8-13,19H,5-7H2,1-4H3. The van der Waals surface area contributed by atoms with E-state index < -0.39 is 6.43 Å². The van der Waals surface area contributed by atoms with Gasteiger partial charge in [0.1, 0.15) is 0 Å². The Hall–Kier alpha value is -1.91. The predicted molar refractivity (Wildman–Crippen MR) is 93.7 cm³/mol. The largest absolute Gasteiger partial charge is 0.369 e. The number of nitrogens with zero attached hydrogens (tertiary/aromatic N) is 3. The molecule has 0 N–H and O–H groups in total. The van der Waals surface area contributed by atoms with Gasteiger partial charge in [0.25, 0.3) is 6.43 Å². The van der Waals surface area contributed by atoms with Crippen LogP contribution >= 0.6 is 0 Å². The molecule has 3 nitrogen and oxygen atoms in total. The van der Waals surface area contributed by atoms with Gasteiger partial charge in [-0.05, 0) is 48.9 Å². The van der Waals surface area contributed by atoms with Gasteiger partial charge in [-0.15, -0.1) is 0 Å². The smallest absolute Gasteiger partial charge is 0.264 e. The highest BCUT2D eigenvalue weighted by molar-refractivity contribution is 5.74. The summed E-state index contributed by atoms with van der Waals surface area (Å²) in [4.78, 5) is 2.29. The van der Waals surface area contributed by atoms with Crippen LogP contribution < -0.4 is 4.90 Å². The summed E-state index contributed by atoms with van der Waals surface area (Å²) in [5.41, 5.74) is 3.61. The molecule has 0 bridgehead atoms. The molecule has 130 valence electrons. The van der Waals surface area contributed by atoms with E-state index in [0.29, 0.717) is 17.5 Å². The molecule has 3 rings (SSSR count). The van der Waals surface area contributed by atoms with Gasteiger partial charge in [-0.3, -0.25) is 4.68 Å². The lowest BCUT2D eigenvalue weighted by Crippen LogP contribution is -2.37. The second kappa shape index (κ2) is 6.54. The second-order valence-corrected chi connectivity index (χ2v) is 6.84. The third-order valence-corrected chi connectivity index (χ3v) is 5.22. The number of rotatable bonds is 4. The summed E-state index contributed by atoms with van der Waals surface area (Å²) in [6.07, 6.45) is 3.02. The minimum Gasteiger partial charge on any atom is -0.369 e. The Kier molecular flexibility index (Phi) is 4.61. The second-order valence-electron chi connectivity index (χ2n) is 6.84. The number of alkyl halides is 2. The third kappa shape index (κ3) is 2.92. The first-order valence-electron chi connectivity index (χ1n) is 8.64. The van der Waals surface area contributed by atoms with E-state index in [-0.39, 0.29) is 5.56 Å². The number of aryl methyl sites for hydroxylation is 1.